The van der Waals surface area contributed by atoms with Crippen LogP contribution >= 0.6 is 0 Å². The van der Waals surface area contributed by atoms with Gasteiger partial charge in [0, 0.05) is 19.6 Å². The lowest BCUT2D eigenvalue weighted by Crippen LogP contribution is -2.39. The molecule has 1 unspecified atom stereocenters. The van der Waals surface area contributed by atoms with Gasteiger partial charge in [-0.05, 0) is 38.4 Å². The zero-order valence-electron chi connectivity index (χ0n) is 11.5. The second-order valence-electron chi connectivity index (χ2n) is 5.31. The van der Waals surface area contributed by atoms with E-state index < -0.39 is 0 Å². The summed E-state index contributed by atoms with van der Waals surface area (Å²) in [5.41, 5.74) is 0. The van der Waals surface area contributed by atoms with Crippen LogP contribution < -0.4 is 0 Å². The van der Waals surface area contributed by atoms with Crippen molar-refractivity contribution in [1.82, 2.24) is 9.80 Å². The molecule has 1 saturated heterocycles. The van der Waals surface area contributed by atoms with Gasteiger partial charge in [-0.2, -0.15) is 0 Å². The zero-order valence-corrected chi connectivity index (χ0v) is 11.5. The number of hydrogen-bond donors (Lipinski definition) is 0. The number of piperidine rings is 1. The molecule has 1 fully saturated rings. The highest BCUT2D eigenvalue weighted by Gasteiger charge is 2.12. The van der Waals surface area contributed by atoms with E-state index in [4.69, 9.17) is 0 Å². The van der Waals surface area contributed by atoms with Crippen molar-refractivity contribution in [2.24, 2.45) is 5.92 Å². The lowest BCUT2D eigenvalue weighted by Gasteiger charge is -2.30. The molecule has 0 aromatic carbocycles. The van der Waals surface area contributed by atoms with Crippen molar-refractivity contribution < 1.29 is 0 Å². The van der Waals surface area contributed by atoms with Crippen molar-refractivity contribution in [2.75, 3.05) is 39.3 Å². The Kier molecular flexibility index (Phi) is 7.06. The molecule has 2 nitrogen and oxygen atoms in total. The molecular formula is C14H30N2. The van der Waals surface area contributed by atoms with Gasteiger partial charge in [-0.15, -0.1) is 0 Å². The molecule has 0 amide bonds. The fourth-order valence-corrected chi connectivity index (χ4v) is 2.41. The van der Waals surface area contributed by atoms with Gasteiger partial charge in [-0.1, -0.05) is 33.6 Å². The second kappa shape index (κ2) is 8.08. The maximum Gasteiger partial charge on any atom is 0.0109 e. The highest BCUT2D eigenvalue weighted by molar-refractivity contribution is 4.68. The van der Waals surface area contributed by atoms with Crippen molar-refractivity contribution in [3.63, 3.8) is 0 Å². The third kappa shape index (κ3) is 5.31. The highest BCUT2D eigenvalue weighted by Crippen LogP contribution is 2.09. The normalized spacial score (nSPS) is 20.2. The highest BCUT2D eigenvalue weighted by atomic mass is 15.2. The minimum atomic E-state index is 0.848. The summed E-state index contributed by atoms with van der Waals surface area (Å²) in [7, 11) is 0. The SMILES string of the molecule is CCC(C)CN(CC)CCN1CCCCC1. The smallest absolute Gasteiger partial charge is 0.0109 e. The number of hydrogen-bond acceptors (Lipinski definition) is 2. The summed E-state index contributed by atoms with van der Waals surface area (Å²) in [5, 5.41) is 0. The van der Waals surface area contributed by atoms with Gasteiger partial charge in [0.2, 0.25) is 0 Å². The van der Waals surface area contributed by atoms with Crippen LogP contribution in [0.1, 0.15) is 46.5 Å². The summed E-state index contributed by atoms with van der Waals surface area (Å²) in [6, 6.07) is 0. The number of likely N-dealkylation sites (tertiary alicyclic amines) is 1. The Labute approximate surface area is 102 Å². The summed E-state index contributed by atoms with van der Waals surface area (Å²) >= 11 is 0. The second-order valence-corrected chi connectivity index (χ2v) is 5.31. The van der Waals surface area contributed by atoms with Crippen molar-refractivity contribution in [3.8, 4) is 0 Å². The van der Waals surface area contributed by atoms with Crippen molar-refractivity contribution in [1.29, 1.82) is 0 Å². The fraction of sp³-hybridized carbons (Fsp3) is 1.00. The molecule has 0 radical (unpaired) electrons. The molecule has 0 saturated carbocycles. The fourth-order valence-electron chi connectivity index (χ4n) is 2.41. The van der Waals surface area contributed by atoms with E-state index >= 15 is 0 Å². The maximum absolute atomic E-state index is 2.64. The lowest BCUT2D eigenvalue weighted by molar-refractivity contribution is 0.173. The van der Waals surface area contributed by atoms with Crippen LogP contribution in [0.2, 0.25) is 0 Å². The number of nitrogens with zero attached hydrogens (tertiary/aromatic N) is 2. The molecule has 0 aromatic heterocycles. The first-order valence-corrected chi connectivity index (χ1v) is 7.21. The first-order chi connectivity index (χ1) is 7.76. The standard InChI is InChI=1S/C14H30N2/c1-4-14(3)13-15(5-2)11-12-16-9-7-6-8-10-16/h14H,4-13H2,1-3H3. The van der Waals surface area contributed by atoms with E-state index in [1.54, 1.807) is 0 Å². The van der Waals surface area contributed by atoms with Crippen LogP contribution in [-0.4, -0.2) is 49.1 Å². The van der Waals surface area contributed by atoms with Gasteiger partial charge in [-0.3, -0.25) is 0 Å². The Morgan fingerprint density at radius 2 is 1.81 bits per heavy atom. The van der Waals surface area contributed by atoms with Crippen molar-refractivity contribution >= 4 is 0 Å². The molecule has 1 aliphatic heterocycles. The summed E-state index contributed by atoms with van der Waals surface area (Å²) in [6.45, 7) is 14.6. The summed E-state index contributed by atoms with van der Waals surface area (Å²) in [5.74, 6) is 0.848. The molecule has 1 rings (SSSR count). The van der Waals surface area contributed by atoms with Crippen molar-refractivity contribution in [2.45, 2.75) is 46.5 Å². The van der Waals surface area contributed by atoms with E-state index in [0.29, 0.717) is 0 Å². The predicted molar refractivity (Wildman–Crippen MR) is 71.9 cm³/mol. The van der Waals surface area contributed by atoms with Crippen LogP contribution in [0.4, 0.5) is 0 Å². The number of rotatable bonds is 7. The van der Waals surface area contributed by atoms with Crippen LogP contribution in [0.3, 0.4) is 0 Å². The topological polar surface area (TPSA) is 6.48 Å². The molecule has 0 spiro atoms. The Morgan fingerprint density at radius 1 is 1.12 bits per heavy atom. The quantitative estimate of drug-likeness (QED) is 0.658. The van der Waals surface area contributed by atoms with Gasteiger partial charge in [0.25, 0.3) is 0 Å². The van der Waals surface area contributed by atoms with Gasteiger partial charge in [0.05, 0.1) is 0 Å². The minimum absolute atomic E-state index is 0.848. The molecule has 16 heavy (non-hydrogen) atoms. The Hall–Kier alpha value is -0.0800. The molecule has 96 valence electrons. The molecule has 0 N–H and O–H groups in total. The van der Waals surface area contributed by atoms with Gasteiger partial charge in [0.15, 0.2) is 0 Å². The van der Waals surface area contributed by atoms with Gasteiger partial charge < -0.3 is 9.80 Å². The van der Waals surface area contributed by atoms with Crippen LogP contribution in [0.25, 0.3) is 0 Å². The van der Waals surface area contributed by atoms with E-state index in [1.807, 2.05) is 0 Å². The molecule has 1 heterocycles. The van der Waals surface area contributed by atoms with Gasteiger partial charge >= 0.3 is 0 Å². The van der Waals surface area contributed by atoms with Gasteiger partial charge in [0.1, 0.15) is 0 Å². The largest absolute Gasteiger partial charge is 0.302 e. The summed E-state index contributed by atoms with van der Waals surface area (Å²) < 4.78 is 0. The predicted octanol–water partition coefficient (Wildman–Crippen LogP) is 2.84. The average Bonchev–Trinajstić information content (AvgIpc) is 2.35. The van der Waals surface area contributed by atoms with E-state index in [-0.39, 0.29) is 0 Å². The van der Waals surface area contributed by atoms with Crippen LogP contribution in [0.5, 0.6) is 0 Å². The zero-order chi connectivity index (χ0) is 11.8. The average molecular weight is 226 g/mol. The first-order valence-electron chi connectivity index (χ1n) is 7.21. The molecule has 0 aromatic rings. The Morgan fingerprint density at radius 3 is 2.38 bits per heavy atom. The van der Waals surface area contributed by atoms with Crippen LogP contribution in [0.15, 0.2) is 0 Å². The van der Waals surface area contributed by atoms with Crippen molar-refractivity contribution in [3.05, 3.63) is 0 Å². The van der Waals surface area contributed by atoms with E-state index in [1.165, 1.54) is 65.0 Å². The molecule has 1 aliphatic rings. The van der Waals surface area contributed by atoms with Crippen LogP contribution in [0, 0.1) is 5.92 Å². The Balaban J connectivity index is 2.16. The van der Waals surface area contributed by atoms with E-state index in [0.717, 1.165) is 5.92 Å². The monoisotopic (exact) mass is 226 g/mol. The summed E-state index contributed by atoms with van der Waals surface area (Å²) in [4.78, 5) is 5.26. The Bertz CT molecular complexity index is 164. The third-order valence-electron chi connectivity index (χ3n) is 3.90. The third-order valence-corrected chi connectivity index (χ3v) is 3.90. The lowest BCUT2D eigenvalue weighted by atomic mass is 10.1. The summed E-state index contributed by atoms with van der Waals surface area (Å²) in [6.07, 6.45) is 5.58. The van der Waals surface area contributed by atoms with Crippen LogP contribution in [-0.2, 0) is 0 Å². The molecule has 2 heteroatoms. The van der Waals surface area contributed by atoms with E-state index in [9.17, 15) is 0 Å². The molecular weight excluding hydrogens is 196 g/mol. The molecule has 0 bridgehead atoms. The number of likely N-dealkylation sites (N-methyl/N-ethyl adjacent to an activating group) is 1. The maximum atomic E-state index is 2.64. The minimum Gasteiger partial charge on any atom is -0.302 e. The van der Waals surface area contributed by atoms with E-state index in [2.05, 4.69) is 30.6 Å². The van der Waals surface area contributed by atoms with Gasteiger partial charge in [-0.25, -0.2) is 0 Å². The molecule has 0 aliphatic carbocycles. The first kappa shape index (κ1) is 14.0. The molecule has 1 atom stereocenters.